The Morgan fingerprint density at radius 1 is 1.50 bits per heavy atom. The molecule has 1 aliphatic rings. The van der Waals surface area contributed by atoms with Crippen LogP contribution in [0.15, 0.2) is 18.2 Å². The van der Waals surface area contributed by atoms with E-state index in [-0.39, 0.29) is 12.4 Å². The first kappa shape index (κ1) is 11.0. The first-order chi connectivity index (χ1) is 7.59. The minimum atomic E-state index is -2.47. The van der Waals surface area contributed by atoms with Crippen molar-refractivity contribution in [3.63, 3.8) is 0 Å². The summed E-state index contributed by atoms with van der Waals surface area (Å²) < 4.78 is 29.9. The van der Waals surface area contributed by atoms with Crippen molar-refractivity contribution in [2.24, 2.45) is 5.92 Å². The van der Waals surface area contributed by atoms with E-state index in [9.17, 15) is 13.6 Å². The van der Waals surface area contributed by atoms with Gasteiger partial charge in [0.1, 0.15) is 5.75 Å². The van der Waals surface area contributed by atoms with Crippen LogP contribution in [-0.4, -0.2) is 18.8 Å². The molecule has 1 aromatic carbocycles. The van der Waals surface area contributed by atoms with Crippen molar-refractivity contribution in [2.75, 3.05) is 6.61 Å². The van der Waals surface area contributed by atoms with E-state index in [0.29, 0.717) is 11.3 Å². The summed E-state index contributed by atoms with van der Waals surface area (Å²) >= 11 is 0. The molecule has 1 aliphatic heterocycles. The molecule has 0 fully saturated rings. The van der Waals surface area contributed by atoms with Gasteiger partial charge >= 0.3 is 0 Å². The van der Waals surface area contributed by atoms with Crippen LogP contribution in [0.5, 0.6) is 5.75 Å². The van der Waals surface area contributed by atoms with Crippen LogP contribution in [-0.2, 0) is 0 Å². The quantitative estimate of drug-likeness (QED) is 0.775. The van der Waals surface area contributed by atoms with Gasteiger partial charge in [0.05, 0.1) is 18.1 Å². The number of ether oxygens (including phenoxy) is 1. The van der Waals surface area contributed by atoms with Gasteiger partial charge in [0.2, 0.25) is 6.43 Å². The maximum atomic E-state index is 12.2. The molecule has 0 saturated heterocycles. The van der Waals surface area contributed by atoms with Gasteiger partial charge in [0.25, 0.3) is 0 Å². The second-order valence-electron chi connectivity index (χ2n) is 3.95. The summed E-state index contributed by atoms with van der Waals surface area (Å²) in [6, 6.07) is 5.20. The molecule has 0 spiro atoms. The number of para-hydroxylation sites is 1. The number of carbonyl (C=O) groups excluding carboxylic acids is 1. The van der Waals surface area contributed by atoms with Crippen molar-refractivity contribution in [1.82, 2.24) is 0 Å². The summed E-state index contributed by atoms with van der Waals surface area (Å²) in [6.45, 7) is 1.89. The molecule has 0 radical (unpaired) electrons. The number of carbonyl (C=O) groups is 1. The normalized spacial score (nSPS) is 19.5. The van der Waals surface area contributed by atoms with Gasteiger partial charge in [0, 0.05) is 6.42 Å². The van der Waals surface area contributed by atoms with Gasteiger partial charge in [-0.25, -0.2) is 8.78 Å². The summed E-state index contributed by atoms with van der Waals surface area (Å²) in [6.07, 6.45) is -2.89. The zero-order chi connectivity index (χ0) is 11.7. The first-order valence-electron chi connectivity index (χ1n) is 5.14. The molecule has 0 amide bonds. The predicted molar refractivity (Wildman–Crippen MR) is 55.1 cm³/mol. The van der Waals surface area contributed by atoms with E-state index >= 15 is 0 Å². The highest BCUT2D eigenvalue weighted by molar-refractivity contribution is 6.01. The molecule has 16 heavy (non-hydrogen) atoms. The molecule has 0 aliphatic carbocycles. The number of hydrogen-bond donors (Lipinski definition) is 0. The molecular formula is C12H12F2O2. The lowest BCUT2D eigenvalue weighted by Crippen LogP contribution is -2.29. The van der Waals surface area contributed by atoms with Crippen LogP contribution < -0.4 is 4.74 Å². The summed E-state index contributed by atoms with van der Waals surface area (Å²) in [5.74, 6) is -0.405. The van der Waals surface area contributed by atoms with Gasteiger partial charge < -0.3 is 4.74 Å². The Labute approximate surface area is 92.2 Å². The van der Waals surface area contributed by atoms with Gasteiger partial charge in [-0.05, 0) is 18.6 Å². The Bertz CT molecular complexity index is 415. The molecule has 1 aromatic rings. The molecular weight excluding hydrogens is 214 g/mol. The van der Waals surface area contributed by atoms with Gasteiger partial charge in [-0.2, -0.15) is 0 Å². The SMILES string of the molecule is Cc1cccc2c1OCC(CC(F)F)C2=O. The third-order valence-corrected chi connectivity index (χ3v) is 2.74. The zero-order valence-electron chi connectivity index (χ0n) is 8.87. The first-order valence-corrected chi connectivity index (χ1v) is 5.14. The van der Waals surface area contributed by atoms with Crippen LogP contribution in [0.2, 0.25) is 0 Å². The third kappa shape index (κ3) is 1.92. The van der Waals surface area contributed by atoms with E-state index in [0.717, 1.165) is 5.56 Å². The van der Waals surface area contributed by atoms with E-state index in [2.05, 4.69) is 0 Å². The van der Waals surface area contributed by atoms with Crippen LogP contribution in [0.25, 0.3) is 0 Å². The summed E-state index contributed by atoms with van der Waals surface area (Å²) in [4.78, 5) is 11.9. The van der Waals surface area contributed by atoms with Crippen LogP contribution in [0.3, 0.4) is 0 Å². The topological polar surface area (TPSA) is 26.3 Å². The zero-order valence-corrected chi connectivity index (χ0v) is 8.87. The molecule has 2 rings (SSSR count). The summed E-state index contributed by atoms with van der Waals surface area (Å²) in [7, 11) is 0. The van der Waals surface area contributed by atoms with Crippen molar-refractivity contribution in [1.29, 1.82) is 0 Å². The number of ketones is 1. The van der Waals surface area contributed by atoms with Crippen molar-refractivity contribution >= 4 is 5.78 Å². The Balaban J connectivity index is 2.29. The number of alkyl halides is 2. The van der Waals surface area contributed by atoms with Gasteiger partial charge in [-0.3, -0.25) is 4.79 Å². The number of fused-ring (bicyclic) bond motifs is 1. The molecule has 1 heterocycles. The van der Waals surface area contributed by atoms with E-state index in [4.69, 9.17) is 4.74 Å². The molecule has 0 N–H and O–H groups in total. The lowest BCUT2D eigenvalue weighted by atomic mass is 9.91. The van der Waals surface area contributed by atoms with Crippen molar-refractivity contribution in [2.45, 2.75) is 19.8 Å². The minimum absolute atomic E-state index is 0.0566. The van der Waals surface area contributed by atoms with Crippen molar-refractivity contribution < 1.29 is 18.3 Å². The highest BCUT2D eigenvalue weighted by Crippen LogP contribution is 2.32. The van der Waals surface area contributed by atoms with Crippen LogP contribution in [0, 0.1) is 12.8 Å². The van der Waals surface area contributed by atoms with E-state index in [1.807, 2.05) is 13.0 Å². The fourth-order valence-corrected chi connectivity index (χ4v) is 1.91. The number of Topliss-reactive ketones (excluding diaryl/α,β-unsaturated/α-hetero) is 1. The second-order valence-corrected chi connectivity index (χ2v) is 3.95. The third-order valence-electron chi connectivity index (χ3n) is 2.74. The maximum absolute atomic E-state index is 12.2. The van der Waals surface area contributed by atoms with Crippen LogP contribution in [0.4, 0.5) is 8.78 Å². The van der Waals surface area contributed by atoms with Crippen LogP contribution in [0.1, 0.15) is 22.3 Å². The number of benzene rings is 1. The highest BCUT2D eigenvalue weighted by Gasteiger charge is 2.31. The van der Waals surface area contributed by atoms with Gasteiger partial charge in [-0.15, -0.1) is 0 Å². The number of rotatable bonds is 2. The standard InChI is InChI=1S/C12H12F2O2/c1-7-3-2-4-9-11(15)8(5-10(13)14)6-16-12(7)9/h2-4,8,10H,5-6H2,1H3. The van der Waals surface area contributed by atoms with E-state index < -0.39 is 18.8 Å². The summed E-state index contributed by atoms with van der Waals surface area (Å²) in [5.41, 5.74) is 1.29. The molecule has 1 atom stereocenters. The van der Waals surface area contributed by atoms with Crippen molar-refractivity contribution in [3.05, 3.63) is 29.3 Å². The molecule has 2 nitrogen and oxygen atoms in total. The maximum Gasteiger partial charge on any atom is 0.239 e. The second kappa shape index (κ2) is 4.20. The largest absolute Gasteiger partial charge is 0.492 e. The molecule has 0 saturated carbocycles. The molecule has 0 bridgehead atoms. The Morgan fingerprint density at radius 2 is 2.25 bits per heavy atom. The average Bonchev–Trinajstić information content (AvgIpc) is 2.23. The molecule has 4 heteroatoms. The molecule has 0 aromatic heterocycles. The minimum Gasteiger partial charge on any atom is -0.492 e. The number of aryl methyl sites for hydroxylation is 1. The predicted octanol–water partition coefficient (Wildman–Crippen LogP) is 2.84. The van der Waals surface area contributed by atoms with Crippen LogP contribution >= 0.6 is 0 Å². The molecule has 1 unspecified atom stereocenters. The Hall–Kier alpha value is -1.45. The van der Waals surface area contributed by atoms with Gasteiger partial charge in [-0.1, -0.05) is 12.1 Å². The Kier molecular flexibility index (Phi) is 2.90. The van der Waals surface area contributed by atoms with E-state index in [1.54, 1.807) is 12.1 Å². The monoisotopic (exact) mass is 226 g/mol. The Morgan fingerprint density at radius 3 is 2.94 bits per heavy atom. The fourth-order valence-electron chi connectivity index (χ4n) is 1.91. The lowest BCUT2D eigenvalue weighted by Gasteiger charge is -2.24. The molecule has 86 valence electrons. The lowest BCUT2D eigenvalue weighted by molar-refractivity contribution is 0.0638. The summed E-state index contributed by atoms with van der Waals surface area (Å²) in [5, 5.41) is 0. The van der Waals surface area contributed by atoms with Gasteiger partial charge in [0.15, 0.2) is 5.78 Å². The van der Waals surface area contributed by atoms with E-state index in [1.165, 1.54) is 0 Å². The highest BCUT2D eigenvalue weighted by atomic mass is 19.3. The number of halogens is 2. The number of hydrogen-bond acceptors (Lipinski definition) is 2. The smallest absolute Gasteiger partial charge is 0.239 e. The average molecular weight is 226 g/mol. The fraction of sp³-hybridized carbons (Fsp3) is 0.417. The van der Waals surface area contributed by atoms with Crippen molar-refractivity contribution in [3.8, 4) is 5.75 Å².